The highest BCUT2D eigenvalue weighted by Gasteiger charge is 2.20. The molecule has 1 unspecified atom stereocenters. The van der Waals surface area contributed by atoms with Gasteiger partial charge in [-0.05, 0) is 0 Å². The maximum atomic E-state index is 10.6. The third-order valence-electron chi connectivity index (χ3n) is 1.48. The summed E-state index contributed by atoms with van der Waals surface area (Å²) in [6.45, 7) is 0. The van der Waals surface area contributed by atoms with Crippen LogP contribution in [0.5, 0.6) is 0 Å². The van der Waals surface area contributed by atoms with Crippen LogP contribution in [0.25, 0.3) is 0 Å². The predicted octanol–water partition coefficient (Wildman–Crippen LogP) is -0.500. The summed E-state index contributed by atoms with van der Waals surface area (Å²) in [6, 6.07) is -2.26. The van der Waals surface area contributed by atoms with Gasteiger partial charge in [0.05, 0.1) is 0 Å². The van der Waals surface area contributed by atoms with Gasteiger partial charge in [0.15, 0.2) is 0 Å². The van der Waals surface area contributed by atoms with Crippen molar-refractivity contribution in [1.82, 2.24) is 5.32 Å². The molecular formula is C7H12N2O6S2. The third kappa shape index (κ3) is 7.71. The molecule has 0 bridgehead atoms. The highest BCUT2D eigenvalue weighted by atomic mass is 33.1. The lowest BCUT2D eigenvalue weighted by Crippen LogP contribution is -2.41. The van der Waals surface area contributed by atoms with Gasteiger partial charge in [-0.25, -0.2) is 9.59 Å². The molecule has 1 amide bonds. The molecule has 98 valence electrons. The van der Waals surface area contributed by atoms with Gasteiger partial charge in [-0.15, -0.1) is 0 Å². The summed E-state index contributed by atoms with van der Waals surface area (Å²) in [5, 5.41) is 27.3. The van der Waals surface area contributed by atoms with Gasteiger partial charge in [-0.2, -0.15) is 0 Å². The van der Waals surface area contributed by atoms with Crippen molar-refractivity contribution in [2.24, 2.45) is 5.73 Å². The van der Waals surface area contributed by atoms with E-state index in [1.54, 1.807) is 0 Å². The lowest BCUT2D eigenvalue weighted by Gasteiger charge is -2.11. The van der Waals surface area contributed by atoms with Crippen LogP contribution < -0.4 is 11.1 Å². The van der Waals surface area contributed by atoms with Crippen molar-refractivity contribution in [3.05, 3.63) is 0 Å². The summed E-state index contributed by atoms with van der Waals surface area (Å²) in [4.78, 5) is 31.2. The Morgan fingerprint density at radius 1 is 1.06 bits per heavy atom. The van der Waals surface area contributed by atoms with Crippen molar-refractivity contribution < 1.29 is 29.7 Å². The Bertz CT molecular complexity index is 300. The zero-order valence-electron chi connectivity index (χ0n) is 8.53. The number of carboxylic acids is 2. The Morgan fingerprint density at radius 2 is 1.59 bits per heavy atom. The highest BCUT2D eigenvalue weighted by molar-refractivity contribution is 8.76. The molecule has 0 fully saturated rings. The second-order valence-corrected chi connectivity index (χ2v) is 5.41. The summed E-state index contributed by atoms with van der Waals surface area (Å²) in [5.41, 5.74) is 5.21. The first-order valence-corrected chi connectivity index (χ1v) is 6.78. The number of hydrogen-bond acceptors (Lipinski definition) is 6. The van der Waals surface area contributed by atoms with E-state index in [2.05, 4.69) is 0 Å². The van der Waals surface area contributed by atoms with E-state index in [-0.39, 0.29) is 11.5 Å². The Hall–Kier alpha value is -1.13. The third-order valence-corrected chi connectivity index (χ3v) is 3.93. The van der Waals surface area contributed by atoms with E-state index in [4.69, 9.17) is 21.1 Å². The summed E-state index contributed by atoms with van der Waals surface area (Å²) >= 11 is 0. The van der Waals surface area contributed by atoms with Crippen LogP contribution in [0.3, 0.4) is 0 Å². The quantitative estimate of drug-likeness (QED) is 0.293. The molecule has 0 aliphatic heterocycles. The molecule has 2 atom stereocenters. The van der Waals surface area contributed by atoms with Gasteiger partial charge in [0.2, 0.25) is 0 Å². The minimum Gasteiger partial charge on any atom is -0.480 e. The van der Waals surface area contributed by atoms with Crippen molar-refractivity contribution in [2.75, 3.05) is 11.5 Å². The lowest BCUT2D eigenvalue weighted by atomic mass is 10.3. The molecule has 10 heteroatoms. The van der Waals surface area contributed by atoms with Gasteiger partial charge < -0.3 is 26.4 Å². The number of carboxylic acid groups (broad SMARTS) is 3. The first kappa shape index (κ1) is 15.9. The van der Waals surface area contributed by atoms with Crippen LogP contribution in [0.2, 0.25) is 0 Å². The Kier molecular flexibility index (Phi) is 7.50. The average molecular weight is 284 g/mol. The van der Waals surface area contributed by atoms with E-state index in [9.17, 15) is 14.4 Å². The van der Waals surface area contributed by atoms with E-state index < -0.39 is 30.1 Å². The van der Waals surface area contributed by atoms with Crippen LogP contribution in [0.4, 0.5) is 4.79 Å². The highest BCUT2D eigenvalue weighted by Crippen LogP contribution is 2.22. The standard InChI is InChI=1S/C7H12N2O6S2/c8-3(5(10)11)1-16-17-2-4(6(12)13)9-7(14)15/h3-4,9H,1-2,8H2,(H,10,11)(H,12,13)(H,14,15)/t3?,4-/m0/s1. The zero-order chi connectivity index (χ0) is 13.4. The first-order valence-electron chi connectivity index (χ1n) is 4.29. The predicted molar refractivity (Wildman–Crippen MR) is 63.1 cm³/mol. The monoisotopic (exact) mass is 284 g/mol. The Labute approximate surface area is 104 Å². The minimum atomic E-state index is -1.43. The van der Waals surface area contributed by atoms with Gasteiger partial charge in [-0.3, -0.25) is 4.79 Å². The number of amides is 1. The average Bonchev–Trinajstić information content (AvgIpc) is 2.21. The molecule has 0 aliphatic carbocycles. The van der Waals surface area contributed by atoms with Crippen LogP contribution in [0.1, 0.15) is 0 Å². The normalized spacial score (nSPS) is 13.7. The molecular weight excluding hydrogens is 272 g/mol. The van der Waals surface area contributed by atoms with E-state index >= 15 is 0 Å². The molecule has 8 nitrogen and oxygen atoms in total. The molecule has 0 spiro atoms. The van der Waals surface area contributed by atoms with Crippen LogP contribution in [0, 0.1) is 0 Å². The second-order valence-electron chi connectivity index (χ2n) is 2.85. The maximum Gasteiger partial charge on any atom is 0.405 e. The van der Waals surface area contributed by atoms with Gasteiger partial charge in [-0.1, -0.05) is 21.6 Å². The fraction of sp³-hybridized carbons (Fsp3) is 0.571. The summed E-state index contributed by atoms with van der Waals surface area (Å²) < 4.78 is 0. The molecule has 0 aliphatic rings. The lowest BCUT2D eigenvalue weighted by molar-refractivity contribution is -0.139. The van der Waals surface area contributed by atoms with Crippen LogP contribution in [0.15, 0.2) is 0 Å². The molecule has 6 N–H and O–H groups in total. The molecule has 0 radical (unpaired) electrons. The first-order chi connectivity index (χ1) is 7.84. The maximum absolute atomic E-state index is 10.6. The molecule has 0 saturated heterocycles. The van der Waals surface area contributed by atoms with Gasteiger partial charge >= 0.3 is 18.0 Å². The number of nitrogens with two attached hydrogens (primary N) is 1. The summed E-state index contributed by atoms with van der Waals surface area (Å²) in [5.74, 6) is -2.34. The topological polar surface area (TPSA) is 150 Å². The Balaban J connectivity index is 3.87. The smallest absolute Gasteiger partial charge is 0.405 e. The van der Waals surface area contributed by atoms with E-state index in [0.29, 0.717) is 0 Å². The van der Waals surface area contributed by atoms with E-state index in [1.165, 1.54) is 0 Å². The van der Waals surface area contributed by atoms with E-state index in [0.717, 1.165) is 21.6 Å². The fourth-order valence-corrected chi connectivity index (χ4v) is 2.90. The minimum absolute atomic E-state index is 0.0152. The van der Waals surface area contributed by atoms with Gasteiger partial charge in [0, 0.05) is 11.5 Å². The fourth-order valence-electron chi connectivity index (χ4n) is 0.633. The second kappa shape index (κ2) is 8.03. The van der Waals surface area contributed by atoms with Crippen molar-refractivity contribution in [3.63, 3.8) is 0 Å². The largest absolute Gasteiger partial charge is 0.480 e. The molecule has 0 aromatic heterocycles. The van der Waals surface area contributed by atoms with Crippen LogP contribution >= 0.6 is 21.6 Å². The van der Waals surface area contributed by atoms with Crippen molar-refractivity contribution >= 4 is 39.6 Å². The van der Waals surface area contributed by atoms with Gasteiger partial charge in [0.25, 0.3) is 0 Å². The van der Waals surface area contributed by atoms with E-state index in [1.807, 2.05) is 5.32 Å². The van der Waals surface area contributed by atoms with Crippen molar-refractivity contribution in [2.45, 2.75) is 12.1 Å². The number of carbonyl (C=O) groups is 3. The van der Waals surface area contributed by atoms with Gasteiger partial charge in [0.1, 0.15) is 12.1 Å². The summed E-state index contributed by atoms with van der Waals surface area (Å²) in [6.07, 6.45) is -1.43. The number of aliphatic carboxylic acids is 2. The van der Waals surface area contributed by atoms with Crippen molar-refractivity contribution in [1.29, 1.82) is 0 Å². The molecule has 0 heterocycles. The SMILES string of the molecule is NC(CSSC[C@H](NC(=O)O)C(=O)O)C(=O)O. The van der Waals surface area contributed by atoms with Crippen LogP contribution in [-0.4, -0.2) is 56.9 Å². The number of hydrogen-bond donors (Lipinski definition) is 5. The molecule has 17 heavy (non-hydrogen) atoms. The summed E-state index contributed by atoms with van der Waals surface area (Å²) in [7, 11) is 2.12. The molecule has 0 rings (SSSR count). The number of rotatable bonds is 8. The Morgan fingerprint density at radius 3 is 2.00 bits per heavy atom. The van der Waals surface area contributed by atoms with Crippen molar-refractivity contribution in [3.8, 4) is 0 Å². The molecule has 0 aromatic carbocycles. The number of nitrogens with one attached hydrogen (secondary N) is 1. The molecule has 0 saturated carbocycles. The zero-order valence-corrected chi connectivity index (χ0v) is 10.2. The molecule has 0 aromatic rings. The van der Waals surface area contributed by atoms with Crippen LogP contribution in [-0.2, 0) is 9.59 Å².